The number of nitrogens with two attached hydrogens (primary N) is 1. The van der Waals surface area contributed by atoms with Crippen LogP contribution in [0.15, 0.2) is 21.5 Å². The lowest BCUT2D eigenvalue weighted by Gasteiger charge is -2.24. The molecule has 0 spiro atoms. The fourth-order valence-corrected chi connectivity index (χ4v) is 4.50. The van der Waals surface area contributed by atoms with Gasteiger partial charge in [0.05, 0.1) is 10.2 Å². The molecule has 4 nitrogen and oxygen atoms in total. The fraction of sp³-hybridized carbons (Fsp3) is 0.538. The fourth-order valence-electron chi connectivity index (χ4n) is 2.37. The smallest absolute Gasteiger partial charge is 0.245 e. The second-order valence-electron chi connectivity index (χ2n) is 4.98. The highest BCUT2D eigenvalue weighted by atomic mass is 79.9. The molecular formula is C13H18BrFN2O2S. The minimum Gasteiger partial charge on any atom is -0.398 e. The zero-order chi connectivity index (χ0) is 14.8. The third kappa shape index (κ3) is 3.32. The highest BCUT2D eigenvalue weighted by Crippen LogP contribution is 2.29. The van der Waals surface area contributed by atoms with Crippen LogP contribution in [0.25, 0.3) is 0 Å². The first-order valence-corrected chi connectivity index (χ1v) is 8.91. The Labute approximate surface area is 127 Å². The number of nitrogens with zero attached hydrogens (tertiary/aromatic N) is 1. The van der Waals surface area contributed by atoms with Crippen molar-refractivity contribution in [3.63, 3.8) is 0 Å². The van der Waals surface area contributed by atoms with Crippen LogP contribution in [0.5, 0.6) is 0 Å². The van der Waals surface area contributed by atoms with Crippen LogP contribution in [0.1, 0.15) is 32.1 Å². The first kappa shape index (κ1) is 15.7. The molecule has 0 atom stereocenters. The Hall–Kier alpha value is -0.660. The lowest BCUT2D eigenvalue weighted by atomic mass is 10.1. The predicted octanol–water partition coefficient (Wildman–Crippen LogP) is 3.13. The van der Waals surface area contributed by atoms with Crippen LogP contribution in [-0.2, 0) is 10.0 Å². The van der Waals surface area contributed by atoms with Crippen LogP contribution in [0.3, 0.4) is 0 Å². The molecule has 20 heavy (non-hydrogen) atoms. The zero-order valence-electron chi connectivity index (χ0n) is 11.1. The van der Waals surface area contributed by atoms with Crippen molar-refractivity contribution in [3.05, 3.63) is 22.4 Å². The normalized spacial score (nSPS) is 18.5. The quantitative estimate of drug-likeness (QED) is 0.819. The molecule has 1 aromatic carbocycles. The SMILES string of the molecule is Nc1cc(F)c(Br)cc1S(=O)(=O)N1CCCCCCC1. The number of sulfonamides is 1. The summed E-state index contributed by atoms with van der Waals surface area (Å²) >= 11 is 3.01. The van der Waals surface area contributed by atoms with Crippen molar-refractivity contribution in [1.82, 2.24) is 4.31 Å². The Bertz CT molecular complexity index is 584. The van der Waals surface area contributed by atoms with Crippen LogP contribution < -0.4 is 5.73 Å². The van der Waals surface area contributed by atoms with Crippen LogP contribution in [0.4, 0.5) is 10.1 Å². The van der Waals surface area contributed by atoms with Gasteiger partial charge in [0.25, 0.3) is 0 Å². The molecule has 0 unspecified atom stereocenters. The minimum absolute atomic E-state index is 0.0219. The molecule has 0 radical (unpaired) electrons. The molecule has 1 aromatic rings. The molecule has 1 aliphatic heterocycles. The maximum absolute atomic E-state index is 13.4. The number of nitrogen functional groups attached to an aromatic ring is 1. The molecule has 2 rings (SSSR count). The zero-order valence-corrected chi connectivity index (χ0v) is 13.5. The Morgan fingerprint density at radius 2 is 1.65 bits per heavy atom. The monoisotopic (exact) mass is 364 g/mol. The summed E-state index contributed by atoms with van der Waals surface area (Å²) in [7, 11) is -3.66. The highest BCUT2D eigenvalue weighted by molar-refractivity contribution is 9.10. The van der Waals surface area contributed by atoms with Crippen LogP contribution in [0, 0.1) is 5.82 Å². The number of rotatable bonds is 2. The summed E-state index contributed by atoms with van der Waals surface area (Å²) < 4.78 is 40.2. The van der Waals surface area contributed by atoms with E-state index in [0.29, 0.717) is 13.1 Å². The Morgan fingerprint density at radius 1 is 1.10 bits per heavy atom. The average molecular weight is 365 g/mol. The Balaban J connectivity index is 2.35. The van der Waals surface area contributed by atoms with Crippen molar-refractivity contribution < 1.29 is 12.8 Å². The van der Waals surface area contributed by atoms with Gasteiger partial charge in [0.15, 0.2) is 0 Å². The molecule has 1 heterocycles. The Kier molecular flexibility index (Phi) is 5.04. The van der Waals surface area contributed by atoms with E-state index in [1.165, 1.54) is 10.4 Å². The summed E-state index contributed by atoms with van der Waals surface area (Å²) in [6, 6.07) is 2.29. The van der Waals surface area contributed by atoms with Gasteiger partial charge < -0.3 is 5.73 Å². The molecule has 1 aliphatic rings. The number of halogens is 2. The topological polar surface area (TPSA) is 63.4 Å². The third-order valence-electron chi connectivity index (χ3n) is 3.49. The van der Waals surface area contributed by atoms with E-state index in [0.717, 1.165) is 38.2 Å². The lowest BCUT2D eigenvalue weighted by Crippen LogP contribution is -2.34. The van der Waals surface area contributed by atoms with E-state index >= 15 is 0 Å². The molecule has 1 fully saturated rings. The standard InChI is InChI=1S/C13H18BrFN2O2S/c14-10-8-13(12(16)9-11(10)15)20(18,19)17-6-4-2-1-3-5-7-17/h8-9H,1-7,16H2. The lowest BCUT2D eigenvalue weighted by molar-refractivity contribution is 0.364. The molecular weight excluding hydrogens is 347 g/mol. The van der Waals surface area contributed by atoms with Crippen molar-refractivity contribution in [3.8, 4) is 0 Å². The van der Waals surface area contributed by atoms with Crippen LogP contribution in [-0.4, -0.2) is 25.8 Å². The first-order valence-electron chi connectivity index (χ1n) is 6.67. The summed E-state index contributed by atoms with van der Waals surface area (Å²) in [4.78, 5) is -0.0219. The van der Waals surface area contributed by atoms with Crippen molar-refractivity contribution in [2.75, 3.05) is 18.8 Å². The van der Waals surface area contributed by atoms with Crippen molar-refractivity contribution in [2.45, 2.75) is 37.0 Å². The summed E-state index contributed by atoms with van der Waals surface area (Å²) in [5, 5.41) is 0. The van der Waals surface area contributed by atoms with Crippen molar-refractivity contribution >= 4 is 31.6 Å². The predicted molar refractivity (Wildman–Crippen MR) is 80.4 cm³/mol. The molecule has 0 amide bonds. The third-order valence-corrected chi connectivity index (χ3v) is 6.05. The summed E-state index contributed by atoms with van der Waals surface area (Å²) in [6.07, 6.45) is 4.92. The number of benzene rings is 1. The molecule has 0 saturated carbocycles. The Morgan fingerprint density at radius 3 is 2.25 bits per heavy atom. The number of hydrogen-bond acceptors (Lipinski definition) is 3. The largest absolute Gasteiger partial charge is 0.398 e. The first-order chi connectivity index (χ1) is 9.43. The van der Waals surface area contributed by atoms with Gasteiger partial charge in [0.2, 0.25) is 10.0 Å². The molecule has 112 valence electrons. The molecule has 2 N–H and O–H groups in total. The van der Waals surface area contributed by atoms with Gasteiger partial charge >= 0.3 is 0 Å². The van der Waals surface area contributed by atoms with Crippen molar-refractivity contribution in [1.29, 1.82) is 0 Å². The molecule has 0 aliphatic carbocycles. The van der Waals surface area contributed by atoms with E-state index in [4.69, 9.17) is 5.73 Å². The van der Waals surface area contributed by atoms with Gasteiger partial charge in [-0.2, -0.15) is 4.31 Å². The summed E-state index contributed by atoms with van der Waals surface area (Å²) in [6.45, 7) is 0.994. The molecule has 1 saturated heterocycles. The maximum Gasteiger partial charge on any atom is 0.245 e. The highest BCUT2D eigenvalue weighted by Gasteiger charge is 2.27. The van der Waals surface area contributed by atoms with Gasteiger partial charge in [-0.1, -0.05) is 19.3 Å². The second-order valence-corrected chi connectivity index (χ2v) is 7.74. The van der Waals surface area contributed by atoms with E-state index in [-0.39, 0.29) is 15.1 Å². The van der Waals surface area contributed by atoms with E-state index in [1.54, 1.807) is 0 Å². The van der Waals surface area contributed by atoms with Gasteiger partial charge in [0.1, 0.15) is 10.7 Å². The summed E-state index contributed by atoms with van der Waals surface area (Å²) in [5.74, 6) is -0.561. The van der Waals surface area contributed by atoms with Gasteiger partial charge in [-0.3, -0.25) is 0 Å². The van der Waals surface area contributed by atoms with E-state index in [9.17, 15) is 12.8 Å². The molecule has 0 aromatic heterocycles. The molecule has 7 heteroatoms. The maximum atomic E-state index is 13.4. The van der Waals surface area contributed by atoms with Crippen LogP contribution in [0.2, 0.25) is 0 Å². The van der Waals surface area contributed by atoms with Crippen molar-refractivity contribution in [2.24, 2.45) is 0 Å². The average Bonchev–Trinajstić information content (AvgIpc) is 2.32. The van der Waals surface area contributed by atoms with Gasteiger partial charge in [-0.15, -0.1) is 0 Å². The second kappa shape index (κ2) is 6.41. The van der Waals surface area contributed by atoms with Gasteiger partial charge in [-0.25, -0.2) is 12.8 Å². The molecule has 0 bridgehead atoms. The minimum atomic E-state index is -3.66. The van der Waals surface area contributed by atoms with Gasteiger partial charge in [0, 0.05) is 13.1 Å². The summed E-state index contributed by atoms with van der Waals surface area (Å²) in [5.41, 5.74) is 5.64. The van der Waals surface area contributed by atoms with E-state index in [1.807, 2.05) is 0 Å². The van der Waals surface area contributed by atoms with Crippen LogP contribution >= 0.6 is 15.9 Å². The number of hydrogen-bond donors (Lipinski definition) is 1. The number of anilines is 1. The van der Waals surface area contributed by atoms with E-state index in [2.05, 4.69) is 15.9 Å². The van der Waals surface area contributed by atoms with E-state index < -0.39 is 15.8 Å². The van der Waals surface area contributed by atoms with Gasteiger partial charge in [-0.05, 0) is 40.9 Å².